The summed E-state index contributed by atoms with van der Waals surface area (Å²) < 4.78 is 5.34. The van der Waals surface area contributed by atoms with E-state index in [1.165, 1.54) is 0 Å². The summed E-state index contributed by atoms with van der Waals surface area (Å²) in [7, 11) is 0. The Morgan fingerprint density at radius 2 is 2.24 bits per heavy atom. The number of benzene rings is 1. The summed E-state index contributed by atoms with van der Waals surface area (Å²) in [6.45, 7) is 1.93. The van der Waals surface area contributed by atoms with Crippen LogP contribution in [0.4, 0.5) is 5.69 Å². The van der Waals surface area contributed by atoms with Gasteiger partial charge < -0.3 is 20.3 Å². The molecule has 1 aromatic heterocycles. The van der Waals surface area contributed by atoms with Gasteiger partial charge in [-0.15, -0.1) is 0 Å². The summed E-state index contributed by atoms with van der Waals surface area (Å²) in [6, 6.07) is 9.10. The van der Waals surface area contributed by atoms with E-state index in [0.29, 0.717) is 30.1 Å². The van der Waals surface area contributed by atoms with Gasteiger partial charge in [0.15, 0.2) is 6.61 Å². The minimum Gasteiger partial charge on any atom is -0.482 e. The highest BCUT2D eigenvalue weighted by molar-refractivity contribution is 5.99. The molecule has 0 aliphatic carbocycles. The summed E-state index contributed by atoms with van der Waals surface area (Å²) in [5.74, 6) is 0.318. The van der Waals surface area contributed by atoms with Crippen molar-refractivity contribution in [2.75, 3.05) is 31.6 Å². The quantitative estimate of drug-likeness (QED) is 0.860. The van der Waals surface area contributed by atoms with E-state index in [2.05, 4.69) is 15.6 Å². The van der Waals surface area contributed by atoms with Crippen LogP contribution in [0.2, 0.25) is 0 Å². The van der Waals surface area contributed by atoms with E-state index >= 15 is 0 Å². The molecule has 25 heavy (non-hydrogen) atoms. The molecule has 7 heteroatoms. The molecule has 1 aromatic carbocycles. The molecular weight excluding hydrogens is 320 g/mol. The zero-order valence-corrected chi connectivity index (χ0v) is 13.6. The lowest BCUT2D eigenvalue weighted by Crippen LogP contribution is -2.48. The Morgan fingerprint density at radius 1 is 1.32 bits per heavy atom. The third-order valence-electron chi connectivity index (χ3n) is 4.41. The number of hydrogen-bond acceptors (Lipinski definition) is 5. The first-order chi connectivity index (χ1) is 12.2. The van der Waals surface area contributed by atoms with Crippen molar-refractivity contribution in [3.63, 3.8) is 0 Å². The maximum absolute atomic E-state index is 12.9. The summed E-state index contributed by atoms with van der Waals surface area (Å²) in [6.07, 6.45) is 3.55. The standard InChI is InChI=1S/C18H18N4O3/c23-17-11-25-16-4-3-12(8-14(16)21-17)18(24)22-7-6-20-15(10-22)13-2-1-5-19-9-13/h1-5,8-9,15,20H,6-7,10-11H2,(H,21,23). The number of nitrogens with one attached hydrogen (secondary N) is 2. The molecule has 0 radical (unpaired) electrons. The molecule has 1 saturated heterocycles. The van der Waals surface area contributed by atoms with E-state index in [1.54, 1.807) is 24.4 Å². The molecule has 4 rings (SSSR count). The minimum absolute atomic E-state index is 0.00484. The van der Waals surface area contributed by atoms with E-state index in [1.807, 2.05) is 23.2 Å². The highest BCUT2D eigenvalue weighted by Gasteiger charge is 2.26. The predicted octanol–water partition coefficient (Wildman–Crippen LogP) is 1.20. The predicted molar refractivity (Wildman–Crippen MR) is 91.5 cm³/mol. The summed E-state index contributed by atoms with van der Waals surface area (Å²) in [5, 5.41) is 6.15. The fraction of sp³-hybridized carbons (Fsp3) is 0.278. The number of ether oxygens (including phenoxy) is 1. The summed E-state index contributed by atoms with van der Waals surface area (Å²) in [5.41, 5.74) is 2.14. The highest BCUT2D eigenvalue weighted by Crippen LogP contribution is 2.29. The topological polar surface area (TPSA) is 83.6 Å². The molecule has 1 unspecified atom stereocenters. The number of pyridine rings is 1. The third kappa shape index (κ3) is 3.18. The number of carbonyl (C=O) groups excluding carboxylic acids is 2. The Bertz CT molecular complexity index is 809. The molecule has 2 aliphatic rings. The van der Waals surface area contributed by atoms with Gasteiger partial charge >= 0.3 is 0 Å². The van der Waals surface area contributed by atoms with Crippen LogP contribution >= 0.6 is 0 Å². The Hall–Kier alpha value is -2.93. The Kier molecular flexibility index (Phi) is 4.07. The zero-order valence-electron chi connectivity index (χ0n) is 13.6. The average Bonchev–Trinajstić information content (AvgIpc) is 2.67. The van der Waals surface area contributed by atoms with Gasteiger partial charge in [0.25, 0.3) is 11.8 Å². The second kappa shape index (κ2) is 6.52. The molecule has 0 saturated carbocycles. The van der Waals surface area contributed by atoms with Crippen molar-refractivity contribution in [3.8, 4) is 5.75 Å². The average molecular weight is 338 g/mol. The van der Waals surface area contributed by atoms with Gasteiger partial charge in [0.1, 0.15) is 5.75 Å². The number of anilines is 1. The Morgan fingerprint density at radius 3 is 3.08 bits per heavy atom. The second-order valence-electron chi connectivity index (χ2n) is 6.09. The number of nitrogens with zero attached hydrogens (tertiary/aromatic N) is 2. The van der Waals surface area contributed by atoms with Crippen molar-refractivity contribution in [2.45, 2.75) is 6.04 Å². The van der Waals surface area contributed by atoms with Crippen LogP contribution in [0.15, 0.2) is 42.7 Å². The number of carbonyl (C=O) groups is 2. The van der Waals surface area contributed by atoms with Gasteiger partial charge in [-0.3, -0.25) is 14.6 Å². The number of piperazine rings is 1. The van der Waals surface area contributed by atoms with Crippen molar-refractivity contribution >= 4 is 17.5 Å². The molecule has 2 aromatic rings. The molecule has 0 spiro atoms. The maximum Gasteiger partial charge on any atom is 0.262 e. The fourth-order valence-corrected chi connectivity index (χ4v) is 3.14. The first-order valence-corrected chi connectivity index (χ1v) is 8.20. The molecule has 1 atom stereocenters. The zero-order chi connectivity index (χ0) is 17.2. The molecule has 2 N–H and O–H groups in total. The minimum atomic E-state index is -0.212. The van der Waals surface area contributed by atoms with Crippen molar-refractivity contribution in [1.29, 1.82) is 0 Å². The van der Waals surface area contributed by atoms with Crippen LogP contribution in [0, 0.1) is 0 Å². The van der Waals surface area contributed by atoms with Crippen LogP contribution in [0.3, 0.4) is 0 Å². The van der Waals surface area contributed by atoms with Crippen molar-refractivity contribution < 1.29 is 14.3 Å². The highest BCUT2D eigenvalue weighted by atomic mass is 16.5. The fourth-order valence-electron chi connectivity index (χ4n) is 3.14. The number of rotatable bonds is 2. The SMILES string of the molecule is O=C1COc2ccc(C(=O)N3CCNC(c4cccnc4)C3)cc2N1. The number of hydrogen-bond donors (Lipinski definition) is 2. The van der Waals surface area contributed by atoms with Crippen molar-refractivity contribution in [3.05, 3.63) is 53.9 Å². The molecular formula is C18H18N4O3. The molecule has 1 fully saturated rings. The lowest BCUT2D eigenvalue weighted by molar-refractivity contribution is -0.118. The first-order valence-electron chi connectivity index (χ1n) is 8.20. The molecule has 128 valence electrons. The van der Waals surface area contributed by atoms with Gasteiger partial charge in [0.2, 0.25) is 0 Å². The summed E-state index contributed by atoms with van der Waals surface area (Å²) in [4.78, 5) is 30.3. The van der Waals surface area contributed by atoms with Gasteiger partial charge in [-0.05, 0) is 29.8 Å². The lowest BCUT2D eigenvalue weighted by Gasteiger charge is -2.34. The smallest absolute Gasteiger partial charge is 0.262 e. The molecule has 2 amide bonds. The molecule has 3 heterocycles. The number of fused-ring (bicyclic) bond motifs is 1. The van der Waals surface area contributed by atoms with Crippen LogP contribution in [0.1, 0.15) is 22.0 Å². The van der Waals surface area contributed by atoms with Crippen molar-refractivity contribution in [2.24, 2.45) is 0 Å². The van der Waals surface area contributed by atoms with Crippen LogP contribution in [-0.4, -0.2) is 47.9 Å². The van der Waals surface area contributed by atoms with Crippen LogP contribution < -0.4 is 15.4 Å². The number of aromatic nitrogens is 1. The van der Waals surface area contributed by atoms with Crippen molar-refractivity contribution in [1.82, 2.24) is 15.2 Å². The van der Waals surface area contributed by atoms with Gasteiger partial charge in [-0.2, -0.15) is 0 Å². The van der Waals surface area contributed by atoms with Gasteiger partial charge in [0, 0.05) is 37.6 Å². The summed E-state index contributed by atoms with van der Waals surface area (Å²) >= 11 is 0. The normalized spacial score (nSPS) is 19.6. The van der Waals surface area contributed by atoms with E-state index < -0.39 is 0 Å². The van der Waals surface area contributed by atoms with Crippen LogP contribution in [0.25, 0.3) is 0 Å². The van der Waals surface area contributed by atoms with E-state index in [9.17, 15) is 9.59 Å². The van der Waals surface area contributed by atoms with E-state index in [4.69, 9.17) is 4.74 Å². The third-order valence-corrected chi connectivity index (χ3v) is 4.41. The lowest BCUT2D eigenvalue weighted by atomic mass is 10.1. The Labute approximate surface area is 145 Å². The molecule has 2 aliphatic heterocycles. The molecule has 7 nitrogen and oxygen atoms in total. The number of amides is 2. The van der Waals surface area contributed by atoms with Crippen LogP contribution in [-0.2, 0) is 4.79 Å². The van der Waals surface area contributed by atoms with E-state index in [-0.39, 0.29) is 24.5 Å². The molecule has 0 bridgehead atoms. The monoisotopic (exact) mass is 338 g/mol. The largest absolute Gasteiger partial charge is 0.482 e. The Balaban J connectivity index is 1.52. The maximum atomic E-state index is 12.9. The first kappa shape index (κ1) is 15.6. The second-order valence-corrected chi connectivity index (χ2v) is 6.09. The van der Waals surface area contributed by atoms with Gasteiger partial charge in [-0.25, -0.2) is 0 Å². The van der Waals surface area contributed by atoms with Crippen LogP contribution in [0.5, 0.6) is 5.75 Å². The van der Waals surface area contributed by atoms with Gasteiger partial charge in [0.05, 0.1) is 11.7 Å². The van der Waals surface area contributed by atoms with Gasteiger partial charge in [-0.1, -0.05) is 6.07 Å². The van der Waals surface area contributed by atoms with E-state index in [0.717, 1.165) is 12.1 Å².